The topological polar surface area (TPSA) is 52.7 Å². The van der Waals surface area contributed by atoms with Crippen molar-refractivity contribution >= 4 is 0 Å². The van der Waals surface area contributed by atoms with Gasteiger partial charge in [-0.15, -0.1) is 0 Å². The van der Waals surface area contributed by atoms with Crippen LogP contribution in [-0.2, 0) is 0 Å². The first-order valence-corrected chi connectivity index (χ1v) is 6.63. The maximum Gasteiger partial charge on any atom is 0.0741 e. The normalized spacial score (nSPS) is 17.5. The van der Waals surface area contributed by atoms with Gasteiger partial charge in [-0.3, -0.25) is 4.90 Å². The van der Waals surface area contributed by atoms with E-state index < -0.39 is 5.60 Å². The molecule has 0 radical (unpaired) electrons. The highest BCUT2D eigenvalue weighted by Gasteiger charge is 2.19. The van der Waals surface area contributed by atoms with Gasteiger partial charge in [0.25, 0.3) is 0 Å². The van der Waals surface area contributed by atoms with Gasteiger partial charge in [0, 0.05) is 19.1 Å². The van der Waals surface area contributed by atoms with E-state index >= 15 is 0 Å². The quantitative estimate of drug-likeness (QED) is 0.629. The lowest BCUT2D eigenvalue weighted by molar-refractivity contribution is 0.0523. The molecule has 0 saturated heterocycles. The number of aliphatic hydroxyl groups is 1. The molecule has 4 heteroatoms. The monoisotopic (exact) mass is 245 g/mol. The fourth-order valence-electron chi connectivity index (χ4n) is 2.10. The Balaban J connectivity index is 3.97. The smallest absolute Gasteiger partial charge is 0.0741 e. The molecule has 17 heavy (non-hydrogen) atoms. The summed E-state index contributed by atoms with van der Waals surface area (Å²) in [4.78, 5) is 4.66. The van der Waals surface area contributed by atoms with E-state index in [0.717, 1.165) is 32.5 Å². The molecule has 0 bridgehead atoms. The Morgan fingerprint density at radius 2 is 1.94 bits per heavy atom. The van der Waals surface area contributed by atoms with Crippen LogP contribution in [0.3, 0.4) is 0 Å². The lowest BCUT2D eigenvalue weighted by Gasteiger charge is -2.31. The van der Waals surface area contributed by atoms with Crippen LogP contribution in [0.5, 0.6) is 0 Å². The van der Waals surface area contributed by atoms with Crippen molar-refractivity contribution in [2.75, 3.05) is 40.3 Å². The third kappa shape index (κ3) is 7.71. The zero-order valence-electron chi connectivity index (χ0n) is 12.2. The maximum absolute atomic E-state index is 9.84. The molecule has 0 aliphatic heterocycles. The highest BCUT2D eigenvalue weighted by Crippen LogP contribution is 2.11. The largest absolute Gasteiger partial charge is 0.389 e. The second-order valence-corrected chi connectivity index (χ2v) is 5.54. The summed E-state index contributed by atoms with van der Waals surface area (Å²) in [6, 6.07) is 0.554. The van der Waals surface area contributed by atoms with Gasteiger partial charge in [-0.2, -0.15) is 0 Å². The van der Waals surface area contributed by atoms with Crippen LogP contribution in [0.1, 0.15) is 33.6 Å². The third-order valence-corrected chi connectivity index (χ3v) is 3.26. The molecular weight excluding hydrogens is 214 g/mol. The SMILES string of the molecule is CCN(CCCC(C)(O)CN)C(C)CN(C)C. The predicted octanol–water partition coefficient (Wildman–Crippen LogP) is 0.748. The zero-order valence-corrected chi connectivity index (χ0v) is 12.2. The van der Waals surface area contributed by atoms with Gasteiger partial charge in [0.15, 0.2) is 0 Å². The van der Waals surface area contributed by atoms with Crippen molar-refractivity contribution in [3.8, 4) is 0 Å². The minimum absolute atomic E-state index is 0.340. The van der Waals surface area contributed by atoms with E-state index in [1.807, 2.05) is 6.92 Å². The standard InChI is InChI=1S/C13H31N3O/c1-6-16(12(2)10-15(4)5)9-7-8-13(3,17)11-14/h12,17H,6-11,14H2,1-5H3. The summed E-state index contributed by atoms with van der Waals surface area (Å²) < 4.78 is 0. The molecule has 3 N–H and O–H groups in total. The number of nitrogens with two attached hydrogens (primary N) is 1. The fourth-order valence-corrected chi connectivity index (χ4v) is 2.10. The van der Waals surface area contributed by atoms with Gasteiger partial charge >= 0.3 is 0 Å². The van der Waals surface area contributed by atoms with Crippen LogP contribution in [0.15, 0.2) is 0 Å². The van der Waals surface area contributed by atoms with Crippen molar-refractivity contribution in [3.05, 3.63) is 0 Å². The highest BCUT2D eigenvalue weighted by atomic mass is 16.3. The third-order valence-electron chi connectivity index (χ3n) is 3.26. The molecule has 0 saturated carbocycles. The van der Waals surface area contributed by atoms with E-state index in [-0.39, 0.29) is 0 Å². The summed E-state index contributed by atoms with van der Waals surface area (Å²) in [5.41, 5.74) is 4.81. The zero-order chi connectivity index (χ0) is 13.5. The number of likely N-dealkylation sites (N-methyl/N-ethyl adjacent to an activating group) is 2. The molecule has 0 aliphatic rings. The van der Waals surface area contributed by atoms with Gasteiger partial charge in [0.2, 0.25) is 0 Å². The van der Waals surface area contributed by atoms with Crippen LogP contribution in [-0.4, -0.2) is 66.8 Å². The average Bonchev–Trinajstić information content (AvgIpc) is 2.23. The Labute approximate surface area is 107 Å². The summed E-state index contributed by atoms with van der Waals surface area (Å²) in [6.45, 7) is 9.75. The molecule has 2 atom stereocenters. The Morgan fingerprint density at radius 1 is 1.35 bits per heavy atom. The average molecular weight is 245 g/mol. The molecule has 0 spiro atoms. The lowest BCUT2D eigenvalue weighted by atomic mass is 10.0. The molecule has 0 aromatic rings. The summed E-state index contributed by atoms with van der Waals surface area (Å²) >= 11 is 0. The molecule has 2 unspecified atom stereocenters. The molecule has 0 aliphatic carbocycles. The first kappa shape index (κ1) is 16.8. The number of rotatable bonds is 9. The first-order chi connectivity index (χ1) is 7.82. The van der Waals surface area contributed by atoms with Gasteiger partial charge in [0.05, 0.1) is 5.60 Å². The van der Waals surface area contributed by atoms with Crippen molar-refractivity contribution in [2.24, 2.45) is 5.73 Å². The van der Waals surface area contributed by atoms with Gasteiger partial charge in [0.1, 0.15) is 0 Å². The van der Waals surface area contributed by atoms with Crippen molar-refractivity contribution in [3.63, 3.8) is 0 Å². The van der Waals surface area contributed by atoms with Crippen molar-refractivity contribution < 1.29 is 5.11 Å². The minimum Gasteiger partial charge on any atom is -0.389 e. The van der Waals surface area contributed by atoms with Crippen molar-refractivity contribution in [2.45, 2.75) is 45.3 Å². The molecular formula is C13H31N3O. The van der Waals surface area contributed by atoms with Crippen LogP contribution in [0.2, 0.25) is 0 Å². The van der Waals surface area contributed by atoms with Crippen LogP contribution < -0.4 is 5.73 Å². The van der Waals surface area contributed by atoms with E-state index in [1.54, 1.807) is 0 Å². The lowest BCUT2D eigenvalue weighted by Crippen LogP contribution is -2.41. The second kappa shape index (κ2) is 8.03. The summed E-state index contributed by atoms with van der Waals surface area (Å²) in [7, 11) is 4.20. The predicted molar refractivity (Wildman–Crippen MR) is 74.2 cm³/mol. The Morgan fingerprint density at radius 3 is 2.35 bits per heavy atom. The van der Waals surface area contributed by atoms with E-state index in [1.165, 1.54) is 0 Å². The number of hydrogen-bond donors (Lipinski definition) is 2. The minimum atomic E-state index is -0.704. The van der Waals surface area contributed by atoms with Crippen LogP contribution in [0, 0.1) is 0 Å². The summed E-state index contributed by atoms with van der Waals surface area (Å²) in [6.07, 6.45) is 1.77. The van der Waals surface area contributed by atoms with Crippen LogP contribution in [0.25, 0.3) is 0 Å². The molecule has 0 rings (SSSR count). The molecule has 0 aromatic carbocycles. The molecule has 0 heterocycles. The first-order valence-electron chi connectivity index (χ1n) is 6.63. The van der Waals surface area contributed by atoms with Crippen LogP contribution in [0.4, 0.5) is 0 Å². The van der Waals surface area contributed by atoms with E-state index in [0.29, 0.717) is 12.6 Å². The number of hydrogen-bond acceptors (Lipinski definition) is 4. The summed E-state index contributed by atoms with van der Waals surface area (Å²) in [5.74, 6) is 0. The second-order valence-electron chi connectivity index (χ2n) is 5.54. The number of nitrogens with zero attached hydrogens (tertiary/aromatic N) is 2. The molecule has 0 aromatic heterocycles. The summed E-state index contributed by atoms with van der Waals surface area (Å²) in [5, 5.41) is 9.84. The van der Waals surface area contributed by atoms with Gasteiger partial charge in [-0.05, 0) is 53.9 Å². The molecule has 0 amide bonds. The molecule has 104 valence electrons. The van der Waals surface area contributed by atoms with E-state index in [2.05, 4.69) is 37.7 Å². The Kier molecular flexibility index (Phi) is 7.96. The molecule has 4 nitrogen and oxygen atoms in total. The highest BCUT2D eigenvalue weighted by molar-refractivity contribution is 4.75. The van der Waals surface area contributed by atoms with Crippen molar-refractivity contribution in [1.82, 2.24) is 9.80 Å². The van der Waals surface area contributed by atoms with E-state index in [4.69, 9.17) is 5.73 Å². The van der Waals surface area contributed by atoms with Crippen molar-refractivity contribution in [1.29, 1.82) is 0 Å². The van der Waals surface area contributed by atoms with E-state index in [9.17, 15) is 5.11 Å². The van der Waals surface area contributed by atoms with Gasteiger partial charge in [-0.1, -0.05) is 6.92 Å². The van der Waals surface area contributed by atoms with Gasteiger partial charge in [-0.25, -0.2) is 0 Å². The Hall–Kier alpha value is -0.160. The fraction of sp³-hybridized carbons (Fsp3) is 1.00. The molecule has 0 fully saturated rings. The van der Waals surface area contributed by atoms with Crippen LogP contribution >= 0.6 is 0 Å². The maximum atomic E-state index is 9.84. The Bertz CT molecular complexity index is 195. The van der Waals surface area contributed by atoms with Gasteiger partial charge < -0.3 is 15.7 Å².